The Morgan fingerprint density at radius 3 is 2.82 bits per heavy atom. The number of aryl methyl sites for hydroxylation is 1. The number of fused-ring (bicyclic) bond motifs is 3. The molecule has 0 radical (unpaired) electrons. The fourth-order valence-corrected chi connectivity index (χ4v) is 5.42. The second-order valence-electron chi connectivity index (χ2n) is 6.05. The molecular weight excluding hydrogens is 296 g/mol. The first kappa shape index (κ1) is 11.9. The number of alkyl halides is 1. The minimum absolute atomic E-state index is 0.262. The van der Waals surface area contributed by atoms with E-state index in [0.29, 0.717) is 10.7 Å². The van der Waals surface area contributed by atoms with Gasteiger partial charge in [0, 0.05) is 4.88 Å². The molecule has 1 saturated carbocycles. The Morgan fingerprint density at radius 2 is 2.24 bits per heavy atom. The Balaban J connectivity index is 2.04. The average Bonchev–Trinajstić information content (AvgIpc) is 2.75. The van der Waals surface area contributed by atoms with Crippen molar-refractivity contribution >= 4 is 33.0 Å². The highest BCUT2D eigenvalue weighted by atomic mass is 79.9. The van der Waals surface area contributed by atoms with Crippen LogP contribution in [0.4, 0.5) is 0 Å². The van der Waals surface area contributed by atoms with Gasteiger partial charge in [0.15, 0.2) is 5.78 Å². The molecule has 0 aliphatic heterocycles. The molecule has 1 nitrogen and oxygen atoms in total. The van der Waals surface area contributed by atoms with Crippen LogP contribution in [0.5, 0.6) is 0 Å². The van der Waals surface area contributed by atoms with E-state index >= 15 is 0 Å². The van der Waals surface area contributed by atoms with Crippen molar-refractivity contribution in [3.05, 3.63) is 20.9 Å². The molecule has 3 rings (SSSR count). The molecule has 0 saturated heterocycles. The van der Waals surface area contributed by atoms with Gasteiger partial charge in [-0.25, -0.2) is 0 Å². The van der Waals surface area contributed by atoms with E-state index in [2.05, 4.69) is 36.7 Å². The number of carbonyl (C=O) groups excluding carboxylic acids is 1. The predicted molar refractivity (Wildman–Crippen MR) is 75.5 cm³/mol. The molecule has 0 N–H and O–H groups in total. The van der Waals surface area contributed by atoms with Crippen molar-refractivity contribution in [1.29, 1.82) is 0 Å². The van der Waals surface area contributed by atoms with Gasteiger partial charge in [-0.3, -0.25) is 4.79 Å². The molecule has 17 heavy (non-hydrogen) atoms. The third kappa shape index (κ3) is 1.51. The number of ketones is 1. The summed E-state index contributed by atoms with van der Waals surface area (Å²) in [6, 6.07) is 0. The van der Waals surface area contributed by atoms with E-state index in [1.165, 1.54) is 22.4 Å². The second-order valence-corrected chi connectivity index (χ2v) is 7.83. The largest absolute Gasteiger partial charge is 0.292 e. The number of thiophene rings is 1. The van der Waals surface area contributed by atoms with Crippen LogP contribution in [-0.4, -0.2) is 11.1 Å². The van der Waals surface area contributed by atoms with Crippen LogP contribution >= 0.6 is 27.3 Å². The summed E-state index contributed by atoms with van der Waals surface area (Å²) in [5.74, 6) is 1.79. The van der Waals surface area contributed by atoms with Crippen molar-refractivity contribution in [2.24, 2.45) is 11.3 Å². The molecule has 1 aromatic heterocycles. The summed E-state index contributed by atoms with van der Waals surface area (Å²) >= 11 is 5.00. The highest BCUT2D eigenvalue weighted by Crippen LogP contribution is 2.63. The zero-order valence-electron chi connectivity index (χ0n) is 10.5. The normalized spacial score (nSPS) is 28.5. The summed E-state index contributed by atoms with van der Waals surface area (Å²) in [6.07, 6.45) is 2.43. The molecular formula is C14H17BrOS. The minimum atomic E-state index is 0.262. The molecule has 92 valence electrons. The molecule has 2 atom stereocenters. The van der Waals surface area contributed by atoms with Crippen LogP contribution in [0.2, 0.25) is 0 Å². The molecule has 0 amide bonds. The van der Waals surface area contributed by atoms with Gasteiger partial charge < -0.3 is 0 Å². The maximum Gasteiger partial charge on any atom is 0.183 e. The first-order valence-corrected chi connectivity index (χ1v) is 8.11. The third-order valence-corrected chi connectivity index (χ3v) is 6.35. The number of Topliss-reactive ketones (excluding diaryl/α,β-unsaturated/α-hetero) is 1. The SMILES string of the molecule is Cc1sc(C(=O)CBr)c2c1[C@@H]1CC(C)(C)[C@@H]1C2. The Labute approximate surface area is 115 Å². The van der Waals surface area contributed by atoms with Crippen molar-refractivity contribution < 1.29 is 4.79 Å². The third-order valence-electron chi connectivity index (χ3n) is 4.64. The molecule has 0 aromatic carbocycles. The Bertz CT molecular complexity index is 501. The lowest BCUT2D eigenvalue weighted by Gasteiger charge is -2.48. The number of hydrogen-bond acceptors (Lipinski definition) is 2. The zero-order chi connectivity index (χ0) is 12.4. The van der Waals surface area contributed by atoms with Crippen LogP contribution in [0.25, 0.3) is 0 Å². The van der Waals surface area contributed by atoms with Gasteiger partial charge >= 0.3 is 0 Å². The van der Waals surface area contributed by atoms with Gasteiger partial charge in [-0.1, -0.05) is 29.8 Å². The second kappa shape index (κ2) is 3.67. The van der Waals surface area contributed by atoms with E-state index in [9.17, 15) is 4.79 Å². The van der Waals surface area contributed by atoms with Crippen LogP contribution in [0.3, 0.4) is 0 Å². The van der Waals surface area contributed by atoms with Crippen molar-refractivity contribution in [2.75, 3.05) is 5.33 Å². The maximum atomic E-state index is 11.9. The Morgan fingerprint density at radius 1 is 1.53 bits per heavy atom. The molecule has 3 heteroatoms. The number of rotatable bonds is 2. The molecule has 2 aliphatic carbocycles. The van der Waals surface area contributed by atoms with Crippen LogP contribution in [0.1, 0.15) is 51.9 Å². The van der Waals surface area contributed by atoms with E-state index in [-0.39, 0.29) is 5.78 Å². The lowest BCUT2D eigenvalue weighted by molar-refractivity contribution is 0.0518. The lowest BCUT2D eigenvalue weighted by atomic mass is 9.56. The predicted octanol–water partition coefficient (Wildman–Crippen LogP) is 4.32. The lowest BCUT2D eigenvalue weighted by Crippen LogP contribution is -2.40. The van der Waals surface area contributed by atoms with E-state index in [4.69, 9.17) is 0 Å². The minimum Gasteiger partial charge on any atom is -0.292 e. The molecule has 1 aromatic rings. The summed E-state index contributed by atoms with van der Waals surface area (Å²) in [7, 11) is 0. The first-order valence-electron chi connectivity index (χ1n) is 6.17. The van der Waals surface area contributed by atoms with Crippen LogP contribution in [0.15, 0.2) is 0 Å². The van der Waals surface area contributed by atoms with Crippen molar-refractivity contribution in [3.63, 3.8) is 0 Å². The highest BCUT2D eigenvalue weighted by molar-refractivity contribution is 9.09. The molecule has 1 fully saturated rings. The summed E-state index contributed by atoms with van der Waals surface area (Å²) in [5.41, 5.74) is 3.39. The highest BCUT2D eigenvalue weighted by Gasteiger charge is 2.53. The fraction of sp³-hybridized carbons (Fsp3) is 0.643. The average molecular weight is 313 g/mol. The van der Waals surface area contributed by atoms with Crippen molar-refractivity contribution in [1.82, 2.24) is 0 Å². The van der Waals surface area contributed by atoms with E-state index in [1.807, 2.05) is 0 Å². The molecule has 0 spiro atoms. The Kier molecular flexibility index (Phi) is 2.57. The van der Waals surface area contributed by atoms with Crippen molar-refractivity contribution in [2.45, 2.75) is 39.5 Å². The molecule has 1 heterocycles. The maximum absolute atomic E-state index is 11.9. The number of halogens is 1. The summed E-state index contributed by atoms with van der Waals surface area (Å²) in [4.78, 5) is 14.4. The summed E-state index contributed by atoms with van der Waals surface area (Å²) in [5, 5.41) is 0.456. The van der Waals surface area contributed by atoms with Crippen molar-refractivity contribution in [3.8, 4) is 0 Å². The van der Waals surface area contributed by atoms with Crippen LogP contribution in [0, 0.1) is 18.3 Å². The van der Waals surface area contributed by atoms with Crippen LogP contribution < -0.4 is 0 Å². The topological polar surface area (TPSA) is 17.1 Å². The summed E-state index contributed by atoms with van der Waals surface area (Å²) < 4.78 is 0. The quantitative estimate of drug-likeness (QED) is 0.587. The van der Waals surface area contributed by atoms with Gasteiger partial charge in [0.25, 0.3) is 0 Å². The van der Waals surface area contributed by atoms with E-state index in [0.717, 1.165) is 23.1 Å². The van der Waals surface area contributed by atoms with Gasteiger partial charge in [0.05, 0.1) is 10.2 Å². The standard InChI is InChI=1S/C14H17BrOS/c1-7-12-8(13(17-7)11(16)6-15)4-10-9(12)5-14(10,2)3/h9-10H,4-6H2,1-3H3/t9-,10-/m1/s1. The van der Waals surface area contributed by atoms with Crippen LogP contribution in [-0.2, 0) is 6.42 Å². The van der Waals surface area contributed by atoms with Gasteiger partial charge in [-0.15, -0.1) is 11.3 Å². The molecule has 0 bridgehead atoms. The number of carbonyl (C=O) groups is 1. The zero-order valence-corrected chi connectivity index (χ0v) is 12.9. The van der Waals surface area contributed by atoms with E-state index in [1.54, 1.807) is 11.3 Å². The summed E-state index contributed by atoms with van der Waals surface area (Å²) in [6.45, 7) is 6.91. The molecule has 0 unspecified atom stereocenters. The first-order chi connectivity index (χ1) is 7.95. The Hall–Kier alpha value is -0.150. The smallest absolute Gasteiger partial charge is 0.183 e. The molecule has 2 aliphatic rings. The number of hydrogen-bond donors (Lipinski definition) is 0. The van der Waals surface area contributed by atoms with Gasteiger partial charge in [0.2, 0.25) is 0 Å². The van der Waals surface area contributed by atoms with Gasteiger partial charge in [0.1, 0.15) is 0 Å². The van der Waals surface area contributed by atoms with Gasteiger partial charge in [-0.2, -0.15) is 0 Å². The fourth-order valence-electron chi connectivity index (χ4n) is 3.76. The van der Waals surface area contributed by atoms with Gasteiger partial charge in [-0.05, 0) is 48.1 Å². The monoisotopic (exact) mass is 312 g/mol. The van der Waals surface area contributed by atoms with E-state index < -0.39 is 0 Å².